The van der Waals surface area contributed by atoms with Gasteiger partial charge in [0.25, 0.3) is 0 Å². The van der Waals surface area contributed by atoms with E-state index in [-0.39, 0.29) is 49.1 Å². The van der Waals surface area contributed by atoms with Crippen LogP contribution in [-0.2, 0) is 28.6 Å². The van der Waals surface area contributed by atoms with Gasteiger partial charge in [0.05, 0.1) is 40.3 Å². The Balaban J connectivity index is 4.46. The molecular weight excluding hydrogens is 835 g/mol. The summed E-state index contributed by atoms with van der Waals surface area (Å²) in [5.41, 5.74) is 0. The van der Waals surface area contributed by atoms with Gasteiger partial charge in [0.1, 0.15) is 12.6 Å². The summed E-state index contributed by atoms with van der Waals surface area (Å²) < 4.78 is 17.1. The van der Waals surface area contributed by atoms with Crippen molar-refractivity contribution in [1.29, 1.82) is 0 Å². The Morgan fingerprint density at radius 2 is 0.806 bits per heavy atom. The quantitative estimate of drug-likeness (QED) is 0.0260. The molecule has 0 amide bonds. The van der Waals surface area contributed by atoms with Gasteiger partial charge >= 0.3 is 11.9 Å². The van der Waals surface area contributed by atoms with E-state index < -0.39 is 18.1 Å². The minimum Gasteiger partial charge on any atom is -0.544 e. The van der Waals surface area contributed by atoms with Gasteiger partial charge in [0.15, 0.2) is 6.10 Å². The van der Waals surface area contributed by atoms with Crippen LogP contribution in [0.1, 0.15) is 155 Å². The van der Waals surface area contributed by atoms with Gasteiger partial charge in [-0.3, -0.25) is 9.59 Å². The molecule has 67 heavy (non-hydrogen) atoms. The van der Waals surface area contributed by atoms with Gasteiger partial charge in [-0.1, -0.05) is 173 Å². The van der Waals surface area contributed by atoms with Crippen molar-refractivity contribution in [3.05, 3.63) is 146 Å². The number of hydrogen-bond acceptors (Lipinski definition) is 7. The lowest BCUT2D eigenvalue weighted by Gasteiger charge is -2.34. The number of hydrogen-bond donors (Lipinski definition) is 0. The second-order valence-electron chi connectivity index (χ2n) is 17.3. The van der Waals surface area contributed by atoms with E-state index in [4.69, 9.17) is 14.2 Å². The van der Waals surface area contributed by atoms with Gasteiger partial charge in [-0.05, 0) is 109 Å². The summed E-state index contributed by atoms with van der Waals surface area (Å²) >= 11 is 0. The van der Waals surface area contributed by atoms with Crippen LogP contribution in [0.15, 0.2) is 146 Å². The molecule has 0 aliphatic rings. The van der Waals surface area contributed by atoms with Crippen molar-refractivity contribution in [3.8, 4) is 0 Å². The predicted molar refractivity (Wildman–Crippen MR) is 281 cm³/mol. The number of likely N-dealkylation sites (N-methyl/N-ethyl adjacent to an activating group) is 1. The zero-order valence-corrected chi connectivity index (χ0v) is 42.5. The lowest BCUT2D eigenvalue weighted by Crippen LogP contribution is -2.55. The molecule has 0 fully saturated rings. The van der Waals surface area contributed by atoms with E-state index in [0.29, 0.717) is 12.8 Å². The van der Waals surface area contributed by atoms with E-state index in [9.17, 15) is 19.5 Å². The lowest BCUT2D eigenvalue weighted by atomic mass is 10.1. The number of allylic oxidation sites excluding steroid dienone is 24. The number of carboxylic acid groups (broad SMARTS) is 1. The van der Waals surface area contributed by atoms with E-state index in [0.717, 1.165) is 116 Å². The fraction of sp³-hybridized carbons (Fsp3) is 0.542. The summed E-state index contributed by atoms with van der Waals surface area (Å²) in [6.07, 6.45) is 70.3. The van der Waals surface area contributed by atoms with Crippen molar-refractivity contribution in [2.24, 2.45) is 0 Å². The van der Waals surface area contributed by atoms with Crippen LogP contribution in [0.5, 0.6) is 0 Å². The Morgan fingerprint density at radius 3 is 1.19 bits per heavy atom. The minimum atomic E-state index is -1.14. The molecule has 8 heteroatoms. The number of rotatable bonds is 43. The average Bonchev–Trinajstić information content (AvgIpc) is 3.29. The molecule has 0 bridgehead atoms. The Bertz CT molecular complexity index is 1590. The maximum Gasteiger partial charge on any atom is 0.306 e. The molecule has 0 saturated carbocycles. The van der Waals surface area contributed by atoms with Crippen molar-refractivity contribution in [2.45, 2.75) is 167 Å². The van der Waals surface area contributed by atoms with Crippen LogP contribution in [0, 0.1) is 0 Å². The Kier molecular flexibility index (Phi) is 44.3. The predicted octanol–water partition coefficient (Wildman–Crippen LogP) is 13.6. The topological polar surface area (TPSA) is 102 Å². The molecule has 0 aromatic rings. The average molecular weight is 926 g/mol. The third-order valence-corrected chi connectivity index (χ3v) is 10.2. The number of esters is 2. The molecule has 2 atom stereocenters. The third-order valence-electron chi connectivity index (χ3n) is 10.2. The molecule has 0 saturated heterocycles. The Hall–Kier alpha value is -4.79. The van der Waals surface area contributed by atoms with E-state index in [2.05, 4.69) is 160 Å². The lowest BCUT2D eigenvalue weighted by molar-refractivity contribution is -0.889. The molecule has 374 valence electrons. The molecule has 8 nitrogen and oxygen atoms in total. The van der Waals surface area contributed by atoms with Crippen LogP contribution < -0.4 is 5.11 Å². The summed E-state index contributed by atoms with van der Waals surface area (Å²) in [5, 5.41) is 11.7. The number of nitrogens with zero attached hydrogens (tertiary/aromatic N) is 1. The first kappa shape index (κ1) is 62.2. The molecule has 0 aromatic carbocycles. The van der Waals surface area contributed by atoms with Gasteiger partial charge in [-0.15, -0.1) is 0 Å². The number of quaternary nitrogens is 1. The molecule has 0 aromatic heterocycles. The van der Waals surface area contributed by atoms with Crippen LogP contribution in [0.25, 0.3) is 0 Å². The fourth-order valence-corrected chi connectivity index (χ4v) is 6.38. The highest BCUT2D eigenvalue weighted by Crippen LogP contribution is 2.11. The first-order valence-corrected chi connectivity index (χ1v) is 25.4. The maximum absolute atomic E-state index is 12.8. The van der Waals surface area contributed by atoms with Crippen molar-refractivity contribution in [3.63, 3.8) is 0 Å². The number of carbonyl (C=O) groups excluding carboxylic acids is 3. The minimum absolute atomic E-state index is 0.00239. The van der Waals surface area contributed by atoms with E-state index in [1.165, 1.54) is 0 Å². The summed E-state index contributed by atoms with van der Waals surface area (Å²) in [4.78, 5) is 37.0. The number of carbonyl (C=O) groups is 3. The number of carboxylic acids is 1. The second-order valence-corrected chi connectivity index (χ2v) is 17.3. The number of aliphatic carboxylic acids is 1. The molecular formula is C59H91NO7. The van der Waals surface area contributed by atoms with E-state index >= 15 is 0 Å². The molecule has 0 rings (SSSR count). The molecule has 0 spiro atoms. The SMILES string of the molecule is CC/C=C/C/C=C/C/C=C/C/C=C/C/C=C/C/C=C/C/C=C/CCCC(=O)OC(COCCC(C(=O)[O-])[N+](C)(C)C)COC(=O)CCCCCC/C=C/C/C=C/C/C=C/C/C=C/C/C=C/CC. The highest BCUT2D eigenvalue weighted by Gasteiger charge is 2.25. The smallest absolute Gasteiger partial charge is 0.306 e. The molecule has 0 heterocycles. The highest BCUT2D eigenvalue weighted by atomic mass is 16.6. The van der Waals surface area contributed by atoms with Crippen molar-refractivity contribution in [1.82, 2.24) is 0 Å². The van der Waals surface area contributed by atoms with Crippen LogP contribution in [0.3, 0.4) is 0 Å². The maximum atomic E-state index is 12.8. The molecule has 0 aliphatic carbocycles. The van der Waals surface area contributed by atoms with Crippen LogP contribution in [0.2, 0.25) is 0 Å². The van der Waals surface area contributed by atoms with E-state index in [1.807, 2.05) is 0 Å². The first-order chi connectivity index (χ1) is 32.6. The molecule has 2 unspecified atom stereocenters. The van der Waals surface area contributed by atoms with Gasteiger partial charge in [-0.2, -0.15) is 0 Å². The zero-order chi connectivity index (χ0) is 49.2. The largest absolute Gasteiger partial charge is 0.544 e. The van der Waals surface area contributed by atoms with Crippen molar-refractivity contribution in [2.75, 3.05) is 41.0 Å². The summed E-state index contributed by atoms with van der Waals surface area (Å²) in [6.45, 7) is 4.32. The van der Waals surface area contributed by atoms with E-state index in [1.54, 1.807) is 21.1 Å². The zero-order valence-electron chi connectivity index (χ0n) is 42.5. The molecule has 0 radical (unpaired) electrons. The first-order valence-electron chi connectivity index (χ1n) is 25.4. The highest BCUT2D eigenvalue weighted by molar-refractivity contribution is 5.70. The van der Waals surface area contributed by atoms with Crippen LogP contribution >= 0.6 is 0 Å². The van der Waals surface area contributed by atoms with Gasteiger partial charge in [0, 0.05) is 19.3 Å². The Labute approximate surface area is 408 Å². The van der Waals surface area contributed by atoms with Crippen LogP contribution in [-0.4, -0.2) is 75.5 Å². The van der Waals surface area contributed by atoms with Crippen LogP contribution in [0.4, 0.5) is 0 Å². The molecule has 0 N–H and O–H groups in total. The van der Waals surface area contributed by atoms with Gasteiger partial charge in [-0.25, -0.2) is 0 Å². The second kappa shape index (κ2) is 47.7. The number of unbranched alkanes of at least 4 members (excludes halogenated alkanes) is 5. The Morgan fingerprint density at radius 1 is 0.448 bits per heavy atom. The summed E-state index contributed by atoms with van der Waals surface area (Å²) in [6, 6.07) is -0.752. The van der Waals surface area contributed by atoms with Crippen molar-refractivity contribution < 1.29 is 38.2 Å². The standard InChI is InChI=1S/C59H91NO7/c1-6-8-10-12-14-16-18-20-22-24-26-28-29-30-32-34-36-38-40-42-44-46-48-50-58(62)67-55(53-65-52-51-56(59(63)64)60(3,4)5)54-66-57(61)49-47-45-43-41-39-37-35-33-31-27-25-23-21-19-17-15-13-11-9-7-2/h8-11,14-17,20-23,26-28,30-32,35-38,42,44,55-56H,6-7,12-13,18-19,24-25,29,33-34,39-41,43,45-54H2,1-5H3/b10-8+,11-9+,16-14+,17-15+,22-20+,23-21+,28-26+,31-27+,32-30+,37-35+,38-36+,44-42+. The fourth-order valence-electron chi connectivity index (χ4n) is 6.38. The monoisotopic (exact) mass is 926 g/mol. The summed E-state index contributed by atoms with van der Waals surface area (Å²) in [5.74, 6) is -1.87. The normalized spacial score (nSPS) is 14.1. The molecule has 0 aliphatic heterocycles. The van der Waals surface area contributed by atoms with Gasteiger partial charge in [0.2, 0.25) is 0 Å². The third kappa shape index (κ3) is 46.1. The van der Waals surface area contributed by atoms with Crippen molar-refractivity contribution >= 4 is 17.9 Å². The summed E-state index contributed by atoms with van der Waals surface area (Å²) in [7, 11) is 5.37. The number of ether oxygens (including phenoxy) is 3. The van der Waals surface area contributed by atoms with Gasteiger partial charge < -0.3 is 28.6 Å².